The van der Waals surface area contributed by atoms with Crippen molar-refractivity contribution in [2.24, 2.45) is 4.99 Å². The lowest BCUT2D eigenvalue weighted by atomic mass is 9.80. The summed E-state index contributed by atoms with van der Waals surface area (Å²) >= 11 is 0. The van der Waals surface area contributed by atoms with E-state index in [-0.39, 0.29) is 13.2 Å². The number of anilines is 1. The second-order valence-electron chi connectivity index (χ2n) is 11.2. The second-order valence-corrected chi connectivity index (χ2v) is 11.2. The Hall–Kier alpha value is -4.34. The molecule has 2 aromatic rings. The first kappa shape index (κ1) is 29.6. The molecule has 0 aromatic heterocycles. The SMILES string of the molecule is CCOC(=O)CNC(=O)Nc1cc(C2=NC(C)(C)Cc3cc(OCC)c4c(c32)CC(C)(C)O4)ccc1C=CC(=O)O. The molecule has 0 saturated heterocycles. The molecule has 3 N–H and O–H groups in total. The number of carbonyl (C=O) groups is 3. The fourth-order valence-electron chi connectivity index (χ4n) is 5.19. The Morgan fingerprint density at radius 2 is 1.85 bits per heavy atom. The monoisotopic (exact) mass is 563 g/mol. The van der Waals surface area contributed by atoms with E-state index in [0.29, 0.717) is 30.7 Å². The van der Waals surface area contributed by atoms with Crippen LogP contribution in [-0.2, 0) is 27.2 Å². The van der Waals surface area contributed by atoms with Gasteiger partial charge in [-0.25, -0.2) is 9.59 Å². The van der Waals surface area contributed by atoms with Gasteiger partial charge < -0.3 is 30.0 Å². The van der Waals surface area contributed by atoms with E-state index in [1.54, 1.807) is 19.1 Å². The molecule has 0 saturated carbocycles. The molecular formula is C31H37N3O7. The van der Waals surface area contributed by atoms with E-state index in [0.717, 1.165) is 45.5 Å². The molecule has 0 atom stereocenters. The smallest absolute Gasteiger partial charge is 0.328 e. The van der Waals surface area contributed by atoms with Gasteiger partial charge in [-0.1, -0.05) is 12.1 Å². The molecule has 0 fully saturated rings. The van der Waals surface area contributed by atoms with E-state index in [1.807, 2.05) is 32.9 Å². The molecule has 0 aliphatic carbocycles. The molecule has 0 unspecified atom stereocenters. The Labute approximate surface area is 239 Å². The van der Waals surface area contributed by atoms with Gasteiger partial charge in [0, 0.05) is 29.2 Å². The highest BCUT2D eigenvalue weighted by Gasteiger charge is 2.39. The van der Waals surface area contributed by atoms with Crippen LogP contribution >= 0.6 is 0 Å². The van der Waals surface area contributed by atoms with Crippen molar-refractivity contribution in [3.63, 3.8) is 0 Å². The third-order valence-corrected chi connectivity index (χ3v) is 6.66. The molecule has 2 aliphatic rings. The van der Waals surface area contributed by atoms with Gasteiger partial charge in [0.1, 0.15) is 12.1 Å². The largest absolute Gasteiger partial charge is 0.490 e. The number of aliphatic imine (C=N–C) groups is 1. The van der Waals surface area contributed by atoms with E-state index < -0.39 is 29.1 Å². The first-order valence-electron chi connectivity index (χ1n) is 13.7. The summed E-state index contributed by atoms with van der Waals surface area (Å²) in [7, 11) is 0. The number of carbonyl (C=O) groups excluding carboxylic acids is 2. The minimum absolute atomic E-state index is 0.201. The molecule has 2 aliphatic heterocycles. The highest BCUT2D eigenvalue weighted by Crippen LogP contribution is 2.48. The van der Waals surface area contributed by atoms with E-state index in [4.69, 9.17) is 19.2 Å². The molecule has 2 heterocycles. The predicted molar refractivity (Wildman–Crippen MR) is 156 cm³/mol. The Balaban J connectivity index is 1.80. The lowest BCUT2D eigenvalue weighted by Gasteiger charge is -2.31. The number of nitrogens with one attached hydrogen (secondary N) is 2. The minimum Gasteiger partial charge on any atom is -0.490 e. The van der Waals surface area contributed by atoms with Crippen LogP contribution in [0, 0.1) is 0 Å². The zero-order chi connectivity index (χ0) is 29.9. The molecule has 2 aromatic carbocycles. The molecule has 4 rings (SSSR count). The maximum Gasteiger partial charge on any atom is 0.328 e. The van der Waals surface area contributed by atoms with Gasteiger partial charge in [-0.15, -0.1) is 0 Å². The third kappa shape index (κ3) is 6.87. The number of esters is 1. The van der Waals surface area contributed by atoms with Crippen molar-refractivity contribution >= 4 is 35.4 Å². The van der Waals surface area contributed by atoms with Crippen LogP contribution in [-0.4, -0.2) is 59.7 Å². The van der Waals surface area contributed by atoms with Crippen LogP contribution in [0.4, 0.5) is 10.5 Å². The van der Waals surface area contributed by atoms with Crippen molar-refractivity contribution < 1.29 is 33.7 Å². The van der Waals surface area contributed by atoms with Gasteiger partial charge in [-0.3, -0.25) is 9.79 Å². The molecule has 2 amide bonds. The van der Waals surface area contributed by atoms with E-state index in [1.165, 1.54) is 6.08 Å². The highest BCUT2D eigenvalue weighted by atomic mass is 16.5. The van der Waals surface area contributed by atoms with Gasteiger partial charge in [0.15, 0.2) is 11.5 Å². The van der Waals surface area contributed by atoms with Crippen LogP contribution in [0.3, 0.4) is 0 Å². The average Bonchev–Trinajstić information content (AvgIpc) is 3.21. The van der Waals surface area contributed by atoms with Crippen molar-refractivity contribution in [1.82, 2.24) is 5.32 Å². The van der Waals surface area contributed by atoms with Gasteiger partial charge in [-0.2, -0.15) is 0 Å². The molecule has 41 heavy (non-hydrogen) atoms. The van der Waals surface area contributed by atoms with Gasteiger partial charge in [0.2, 0.25) is 0 Å². The van der Waals surface area contributed by atoms with Crippen molar-refractivity contribution in [2.75, 3.05) is 25.1 Å². The van der Waals surface area contributed by atoms with E-state index in [2.05, 4.69) is 24.5 Å². The number of hydrogen-bond acceptors (Lipinski definition) is 7. The molecule has 218 valence electrons. The summed E-state index contributed by atoms with van der Waals surface area (Å²) in [6.45, 7) is 12.2. The predicted octanol–water partition coefficient (Wildman–Crippen LogP) is 4.75. The van der Waals surface area contributed by atoms with Crippen molar-refractivity contribution in [2.45, 2.75) is 65.5 Å². The van der Waals surface area contributed by atoms with Crippen LogP contribution < -0.4 is 20.1 Å². The summed E-state index contributed by atoms with van der Waals surface area (Å²) in [6, 6.07) is 6.76. The molecule has 0 spiro atoms. The number of fused-ring (bicyclic) bond motifs is 3. The number of carboxylic acids is 1. The summed E-state index contributed by atoms with van der Waals surface area (Å²) in [6.07, 6.45) is 3.77. The van der Waals surface area contributed by atoms with Gasteiger partial charge in [-0.05, 0) is 77.3 Å². The number of benzene rings is 2. The van der Waals surface area contributed by atoms with Crippen molar-refractivity contribution in [1.29, 1.82) is 0 Å². The Morgan fingerprint density at radius 3 is 2.54 bits per heavy atom. The quantitative estimate of drug-likeness (QED) is 0.296. The van der Waals surface area contributed by atoms with Crippen molar-refractivity contribution in [3.05, 3.63) is 58.2 Å². The summed E-state index contributed by atoms with van der Waals surface area (Å²) in [5, 5.41) is 14.4. The number of rotatable bonds is 9. The standard InChI is InChI=1S/C31H37N3O7/c1-7-39-23-14-20-15-30(3,4)34-27(26(20)21-16-31(5,6)41-28(21)23)19-10-9-18(11-12-24(35)36)22(13-19)33-29(38)32-17-25(37)40-8-2/h9-14H,7-8,15-17H2,1-6H3,(H,35,36)(H2,32,33,38). The maximum atomic E-state index is 12.7. The molecular weight excluding hydrogens is 526 g/mol. The van der Waals surface area contributed by atoms with Gasteiger partial charge in [0.25, 0.3) is 0 Å². The Morgan fingerprint density at radius 1 is 1.10 bits per heavy atom. The first-order valence-corrected chi connectivity index (χ1v) is 13.7. The summed E-state index contributed by atoms with van der Waals surface area (Å²) < 4.78 is 17.2. The summed E-state index contributed by atoms with van der Waals surface area (Å²) in [5.74, 6) is -0.245. The molecule has 10 heteroatoms. The van der Waals surface area contributed by atoms with Crippen LogP contribution in [0.1, 0.15) is 69.4 Å². The summed E-state index contributed by atoms with van der Waals surface area (Å²) in [5.41, 5.74) is 4.59. The number of urea groups is 1. The van der Waals surface area contributed by atoms with Crippen LogP contribution in [0.2, 0.25) is 0 Å². The zero-order valence-corrected chi connectivity index (χ0v) is 24.3. The number of nitrogens with zero attached hydrogens (tertiary/aromatic N) is 1. The topological polar surface area (TPSA) is 136 Å². The second kappa shape index (κ2) is 11.6. The van der Waals surface area contributed by atoms with Crippen LogP contribution in [0.15, 0.2) is 35.3 Å². The number of aliphatic carboxylic acids is 1. The first-order chi connectivity index (χ1) is 19.3. The van der Waals surface area contributed by atoms with E-state index >= 15 is 0 Å². The molecule has 0 radical (unpaired) electrons. The zero-order valence-electron chi connectivity index (χ0n) is 24.3. The fourth-order valence-corrected chi connectivity index (χ4v) is 5.19. The van der Waals surface area contributed by atoms with Gasteiger partial charge >= 0.3 is 18.0 Å². The Kier molecular flexibility index (Phi) is 8.42. The highest BCUT2D eigenvalue weighted by molar-refractivity contribution is 6.17. The lowest BCUT2D eigenvalue weighted by molar-refractivity contribution is -0.141. The normalized spacial score (nSPS) is 16.2. The van der Waals surface area contributed by atoms with Crippen molar-refractivity contribution in [3.8, 4) is 11.5 Å². The average molecular weight is 564 g/mol. The van der Waals surface area contributed by atoms with E-state index in [9.17, 15) is 19.5 Å². The molecule has 10 nitrogen and oxygen atoms in total. The number of amides is 2. The lowest BCUT2D eigenvalue weighted by Crippen LogP contribution is -2.34. The Bertz CT molecular complexity index is 1440. The number of hydrogen-bond donors (Lipinski definition) is 3. The number of carboxylic acid groups (broad SMARTS) is 1. The fraction of sp³-hybridized carbons (Fsp3) is 0.419. The maximum absolute atomic E-state index is 12.7. The van der Waals surface area contributed by atoms with Gasteiger partial charge in [0.05, 0.1) is 30.2 Å². The third-order valence-electron chi connectivity index (χ3n) is 6.66. The van der Waals surface area contributed by atoms with Crippen LogP contribution in [0.5, 0.6) is 11.5 Å². The minimum atomic E-state index is -1.12. The van der Waals surface area contributed by atoms with Crippen LogP contribution in [0.25, 0.3) is 6.08 Å². The molecule has 0 bridgehead atoms. The summed E-state index contributed by atoms with van der Waals surface area (Å²) in [4.78, 5) is 40.8. The number of ether oxygens (including phenoxy) is 3.